The zero-order chi connectivity index (χ0) is 13.5. The molecule has 0 saturated carbocycles. The summed E-state index contributed by atoms with van der Waals surface area (Å²) < 4.78 is 5.24. The molecule has 0 aromatic heterocycles. The van der Waals surface area contributed by atoms with E-state index in [1.165, 1.54) is 0 Å². The van der Waals surface area contributed by atoms with Crippen LogP contribution in [0.15, 0.2) is 0 Å². The van der Waals surface area contributed by atoms with E-state index in [1.807, 2.05) is 11.9 Å². The maximum atomic E-state index is 12.0. The lowest BCUT2D eigenvalue weighted by atomic mass is 10.0. The average Bonchev–Trinajstić information content (AvgIpc) is 2.36. The third-order valence-corrected chi connectivity index (χ3v) is 3.47. The second kappa shape index (κ2) is 7.71. The van der Waals surface area contributed by atoms with Gasteiger partial charge in [0.25, 0.3) is 0 Å². The van der Waals surface area contributed by atoms with Gasteiger partial charge in [-0.25, -0.2) is 0 Å². The standard InChI is InChI=1S/C13H27N3O2/c1-11(2)12(14)4-5-15(3)10-13(17)16-6-8-18-9-7-16/h11-12H,4-10,14H2,1-3H3. The Hall–Kier alpha value is -0.650. The van der Waals surface area contributed by atoms with Crippen LogP contribution in [0.5, 0.6) is 0 Å². The molecule has 18 heavy (non-hydrogen) atoms. The van der Waals surface area contributed by atoms with Gasteiger partial charge in [-0.1, -0.05) is 13.8 Å². The number of amides is 1. The lowest BCUT2D eigenvalue weighted by Crippen LogP contribution is -2.45. The summed E-state index contributed by atoms with van der Waals surface area (Å²) in [6.45, 7) is 8.37. The van der Waals surface area contributed by atoms with Crippen LogP contribution >= 0.6 is 0 Å². The Kier molecular flexibility index (Phi) is 6.60. The second-order valence-corrected chi connectivity index (χ2v) is 5.43. The van der Waals surface area contributed by atoms with E-state index >= 15 is 0 Å². The Morgan fingerprint density at radius 3 is 2.56 bits per heavy atom. The Balaban J connectivity index is 2.22. The van der Waals surface area contributed by atoms with Crippen LogP contribution in [-0.2, 0) is 9.53 Å². The molecule has 1 amide bonds. The molecule has 0 radical (unpaired) electrons. The monoisotopic (exact) mass is 257 g/mol. The summed E-state index contributed by atoms with van der Waals surface area (Å²) in [4.78, 5) is 15.9. The molecule has 1 fully saturated rings. The van der Waals surface area contributed by atoms with Gasteiger partial charge in [-0.2, -0.15) is 0 Å². The van der Waals surface area contributed by atoms with Crippen molar-refractivity contribution in [3.05, 3.63) is 0 Å². The highest BCUT2D eigenvalue weighted by molar-refractivity contribution is 5.78. The molecule has 1 heterocycles. The fourth-order valence-corrected chi connectivity index (χ4v) is 1.93. The van der Waals surface area contributed by atoms with Crippen LogP contribution in [0.2, 0.25) is 0 Å². The van der Waals surface area contributed by atoms with Crippen molar-refractivity contribution in [3.63, 3.8) is 0 Å². The quantitative estimate of drug-likeness (QED) is 0.736. The fraction of sp³-hybridized carbons (Fsp3) is 0.923. The molecule has 1 saturated heterocycles. The van der Waals surface area contributed by atoms with Crippen molar-refractivity contribution >= 4 is 5.91 Å². The molecule has 0 bridgehead atoms. The van der Waals surface area contributed by atoms with Gasteiger partial charge >= 0.3 is 0 Å². The topological polar surface area (TPSA) is 58.8 Å². The van der Waals surface area contributed by atoms with Gasteiger partial charge in [0.1, 0.15) is 0 Å². The molecular weight excluding hydrogens is 230 g/mol. The van der Waals surface area contributed by atoms with Crippen molar-refractivity contribution in [3.8, 4) is 0 Å². The number of rotatable bonds is 6. The fourth-order valence-electron chi connectivity index (χ4n) is 1.93. The Morgan fingerprint density at radius 2 is 2.00 bits per heavy atom. The van der Waals surface area contributed by atoms with Crippen molar-refractivity contribution in [1.29, 1.82) is 0 Å². The predicted octanol–water partition coefficient (Wildman–Crippen LogP) is 0.150. The van der Waals surface area contributed by atoms with Crippen LogP contribution in [-0.4, -0.2) is 68.2 Å². The molecule has 0 aliphatic carbocycles. The van der Waals surface area contributed by atoms with Crippen LogP contribution in [0.4, 0.5) is 0 Å². The second-order valence-electron chi connectivity index (χ2n) is 5.43. The van der Waals surface area contributed by atoms with Gasteiger partial charge in [0, 0.05) is 19.1 Å². The van der Waals surface area contributed by atoms with E-state index in [4.69, 9.17) is 10.5 Å². The van der Waals surface area contributed by atoms with Gasteiger partial charge in [0.15, 0.2) is 0 Å². The minimum Gasteiger partial charge on any atom is -0.378 e. The highest BCUT2D eigenvalue weighted by Gasteiger charge is 2.18. The number of ether oxygens (including phenoxy) is 1. The summed E-state index contributed by atoms with van der Waals surface area (Å²) in [5, 5.41) is 0. The van der Waals surface area contributed by atoms with Crippen molar-refractivity contribution < 1.29 is 9.53 Å². The third-order valence-electron chi connectivity index (χ3n) is 3.47. The van der Waals surface area contributed by atoms with Crippen LogP contribution < -0.4 is 5.73 Å². The van der Waals surface area contributed by atoms with E-state index in [0.29, 0.717) is 25.7 Å². The third kappa shape index (κ3) is 5.33. The minimum atomic E-state index is 0.193. The summed E-state index contributed by atoms with van der Waals surface area (Å²) in [5.41, 5.74) is 6.00. The molecule has 5 nitrogen and oxygen atoms in total. The molecule has 1 rings (SSSR count). The summed E-state index contributed by atoms with van der Waals surface area (Å²) in [7, 11) is 1.98. The first-order valence-corrected chi connectivity index (χ1v) is 6.80. The first-order valence-electron chi connectivity index (χ1n) is 6.80. The van der Waals surface area contributed by atoms with Gasteiger partial charge in [-0.15, -0.1) is 0 Å². The Bertz CT molecular complexity index is 253. The average molecular weight is 257 g/mol. The number of hydrogen-bond acceptors (Lipinski definition) is 4. The summed E-state index contributed by atoms with van der Waals surface area (Å²) in [5.74, 6) is 0.687. The lowest BCUT2D eigenvalue weighted by Gasteiger charge is -2.29. The number of likely N-dealkylation sites (N-methyl/N-ethyl adjacent to an activating group) is 1. The number of carbonyl (C=O) groups is 1. The molecule has 1 aliphatic heterocycles. The van der Waals surface area contributed by atoms with Crippen LogP contribution in [0, 0.1) is 5.92 Å². The number of nitrogens with two attached hydrogens (primary N) is 1. The van der Waals surface area contributed by atoms with Crippen molar-refractivity contribution in [1.82, 2.24) is 9.80 Å². The summed E-state index contributed by atoms with van der Waals surface area (Å²) in [6, 6.07) is 0.214. The van der Waals surface area contributed by atoms with Crippen LogP contribution in [0.25, 0.3) is 0 Å². The number of hydrogen-bond donors (Lipinski definition) is 1. The first-order chi connectivity index (χ1) is 8.50. The summed E-state index contributed by atoms with van der Waals surface area (Å²) >= 11 is 0. The molecule has 1 atom stereocenters. The normalized spacial score (nSPS) is 18.4. The predicted molar refractivity (Wildman–Crippen MR) is 72.3 cm³/mol. The van der Waals surface area contributed by atoms with Gasteiger partial charge in [-0.05, 0) is 25.9 Å². The molecule has 106 valence electrons. The van der Waals surface area contributed by atoms with Gasteiger partial charge < -0.3 is 15.4 Å². The van der Waals surface area contributed by atoms with E-state index in [1.54, 1.807) is 0 Å². The maximum absolute atomic E-state index is 12.0. The van der Waals surface area contributed by atoms with Crippen molar-refractivity contribution in [2.75, 3.05) is 46.4 Å². The molecule has 2 N–H and O–H groups in total. The zero-order valence-corrected chi connectivity index (χ0v) is 11.9. The van der Waals surface area contributed by atoms with E-state index in [2.05, 4.69) is 18.7 Å². The van der Waals surface area contributed by atoms with Crippen LogP contribution in [0.1, 0.15) is 20.3 Å². The molecule has 1 unspecified atom stereocenters. The molecular formula is C13H27N3O2. The van der Waals surface area contributed by atoms with Crippen molar-refractivity contribution in [2.24, 2.45) is 11.7 Å². The molecule has 0 aromatic rings. The molecule has 1 aliphatic rings. The van der Waals surface area contributed by atoms with E-state index in [9.17, 15) is 4.79 Å². The van der Waals surface area contributed by atoms with Crippen molar-refractivity contribution in [2.45, 2.75) is 26.3 Å². The molecule has 0 spiro atoms. The first kappa shape index (κ1) is 15.4. The maximum Gasteiger partial charge on any atom is 0.236 e. The largest absolute Gasteiger partial charge is 0.378 e. The van der Waals surface area contributed by atoms with E-state index in [-0.39, 0.29) is 11.9 Å². The zero-order valence-electron chi connectivity index (χ0n) is 11.9. The lowest BCUT2D eigenvalue weighted by molar-refractivity contribution is -0.136. The Morgan fingerprint density at radius 1 is 1.39 bits per heavy atom. The number of carbonyl (C=O) groups excluding carboxylic acids is 1. The minimum absolute atomic E-state index is 0.193. The van der Waals surface area contributed by atoms with Gasteiger partial charge in [0.2, 0.25) is 5.91 Å². The molecule has 5 heteroatoms. The summed E-state index contributed by atoms with van der Waals surface area (Å²) in [6.07, 6.45) is 0.935. The number of nitrogens with zero attached hydrogens (tertiary/aromatic N) is 2. The SMILES string of the molecule is CC(C)C(N)CCN(C)CC(=O)N1CCOCC1. The highest BCUT2D eigenvalue weighted by atomic mass is 16.5. The van der Waals surface area contributed by atoms with Gasteiger partial charge in [-0.3, -0.25) is 9.69 Å². The molecule has 0 aromatic carbocycles. The highest BCUT2D eigenvalue weighted by Crippen LogP contribution is 2.04. The van der Waals surface area contributed by atoms with Crippen LogP contribution in [0.3, 0.4) is 0 Å². The van der Waals surface area contributed by atoms with E-state index < -0.39 is 0 Å². The smallest absolute Gasteiger partial charge is 0.236 e. The Labute approximate surface area is 110 Å². The number of morpholine rings is 1. The van der Waals surface area contributed by atoms with E-state index in [0.717, 1.165) is 26.1 Å². The van der Waals surface area contributed by atoms with Gasteiger partial charge in [0.05, 0.1) is 19.8 Å².